The maximum atomic E-state index is 12.5. The number of halogens is 1. The van der Waals surface area contributed by atoms with E-state index in [-0.39, 0.29) is 11.6 Å². The van der Waals surface area contributed by atoms with Gasteiger partial charge in [-0.3, -0.25) is 0 Å². The van der Waals surface area contributed by atoms with Crippen molar-refractivity contribution in [3.63, 3.8) is 0 Å². The average molecular weight is 124 g/mol. The second kappa shape index (κ2) is 2.53. The van der Waals surface area contributed by atoms with Crippen molar-refractivity contribution in [2.24, 2.45) is 0 Å². The highest BCUT2D eigenvalue weighted by Gasteiger charge is 1.95. The summed E-state index contributed by atoms with van der Waals surface area (Å²) in [7, 11) is 1.44. The number of rotatable bonds is 1. The molecule has 9 heavy (non-hydrogen) atoms. The zero-order valence-corrected chi connectivity index (χ0v) is 5.10. The molecule has 0 aliphatic rings. The third-order valence-corrected chi connectivity index (χ3v) is 1.06. The summed E-state index contributed by atoms with van der Waals surface area (Å²) in [5.74, 6) is -0.0301. The Morgan fingerprint density at radius 1 is 1.33 bits per heavy atom. The van der Waals surface area contributed by atoms with Crippen LogP contribution in [0.15, 0.2) is 24.3 Å². The molecule has 0 saturated heterocycles. The van der Waals surface area contributed by atoms with Crippen molar-refractivity contribution in [2.75, 3.05) is 0 Å². The topological polar surface area (TPSA) is 9.23 Å². The summed E-state index contributed by atoms with van der Waals surface area (Å²) in [6.07, 6.45) is 0. The van der Waals surface area contributed by atoms with Gasteiger partial charge in [0, 0.05) is 0 Å². The molecule has 0 saturated carbocycles. The van der Waals surface area contributed by atoms with Crippen LogP contribution < -0.4 is 4.65 Å². The zero-order chi connectivity index (χ0) is 6.69. The zero-order valence-electron chi connectivity index (χ0n) is 5.10. The molecule has 1 nitrogen and oxygen atoms in total. The Morgan fingerprint density at radius 3 is 2.44 bits per heavy atom. The molecule has 1 aromatic carbocycles. The summed E-state index contributed by atoms with van der Waals surface area (Å²) in [4.78, 5) is 0. The van der Waals surface area contributed by atoms with Crippen LogP contribution in [0.1, 0.15) is 0 Å². The van der Waals surface area contributed by atoms with Crippen molar-refractivity contribution in [1.82, 2.24) is 0 Å². The van der Waals surface area contributed by atoms with E-state index < -0.39 is 0 Å². The lowest BCUT2D eigenvalue weighted by atomic mass is 10.3. The van der Waals surface area contributed by atoms with E-state index >= 15 is 0 Å². The first-order valence-electron chi connectivity index (χ1n) is 2.63. The molecule has 46 valence electrons. The first kappa shape index (κ1) is 6.14. The Bertz CT molecular complexity index is 202. The van der Waals surface area contributed by atoms with Crippen LogP contribution in [-0.2, 0) is 0 Å². The van der Waals surface area contributed by atoms with E-state index in [0.29, 0.717) is 0 Å². The van der Waals surface area contributed by atoms with Crippen LogP contribution in [0.25, 0.3) is 0 Å². The van der Waals surface area contributed by atoms with E-state index in [4.69, 9.17) is 0 Å². The smallest absolute Gasteiger partial charge is 0.322 e. The predicted octanol–water partition coefficient (Wildman–Crippen LogP) is 0.753. The molecular weight excluding hydrogens is 118 g/mol. The van der Waals surface area contributed by atoms with Crippen LogP contribution in [0.4, 0.5) is 4.39 Å². The van der Waals surface area contributed by atoms with Crippen molar-refractivity contribution in [1.29, 1.82) is 0 Å². The Labute approximate surface area is 53.9 Å². The Hall–Kier alpha value is -0.985. The highest BCUT2D eigenvalue weighted by atomic mass is 19.1. The molecule has 0 heterocycles. The van der Waals surface area contributed by atoms with E-state index in [1.807, 2.05) is 0 Å². The molecule has 0 bridgehead atoms. The molecule has 0 atom stereocenters. The number of para-hydroxylation sites is 1. The fraction of sp³-hybridized carbons (Fsp3) is 0. The average Bonchev–Trinajstić information content (AvgIpc) is 1.89. The van der Waals surface area contributed by atoms with Crippen molar-refractivity contribution in [3.05, 3.63) is 30.1 Å². The van der Waals surface area contributed by atoms with Gasteiger partial charge in [0.25, 0.3) is 0 Å². The SMILES string of the molecule is BOc1ccccc1F. The minimum Gasteiger partial charge on any atom is -0.566 e. The third-order valence-electron chi connectivity index (χ3n) is 1.06. The van der Waals surface area contributed by atoms with Gasteiger partial charge in [-0.25, -0.2) is 4.39 Å². The summed E-state index contributed by atoms with van der Waals surface area (Å²) in [6, 6.07) is 6.29. The molecule has 3 heteroatoms. The Kier molecular flexibility index (Phi) is 1.73. The predicted molar refractivity (Wildman–Crippen MR) is 35.6 cm³/mol. The minimum atomic E-state index is -0.319. The quantitative estimate of drug-likeness (QED) is 0.502. The number of benzene rings is 1. The van der Waals surface area contributed by atoms with Crippen LogP contribution in [0.5, 0.6) is 5.75 Å². The monoisotopic (exact) mass is 124 g/mol. The van der Waals surface area contributed by atoms with E-state index in [1.165, 1.54) is 14.1 Å². The van der Waals surface area contributed by atoms with E-state index in [9.17, 15) is 4.39 Å². The lowest BCUT2D eigenvalue weighted by molar-refractivity contribution is 0.528. The fourth-order valence-electron chi connectivity index (χ4n) is 0.610. The van der Waals surface area contributed by atoms with Crippen LogP contribution in [0, 0.1) is 5.82 Å². The molecule has 0 N–H and O–H groups in total. The largest absolute Gasteiger partial charge is 0.566 e. The normalized spacial score (nSPS) is 9.00. The molecule has 0 fully saturated rings. The van der Waals surface area contributed by atoms with Crippen molar-refractivity contribution in [2.45, 2.75) is 0 Å². The van der Waals surface area contributed by atoms with Crippen LogP contribution in [0.2, 0.25) is 0 Å². The van der Waals surface area contributed by atoms with Gasteiger partial charge in [-0.1, -0.05) is 12.1 Å². The van der Waals surface area contributed by atoms with Gasteiger partial charge >= 0.3 is 8.05 Å². The molecule has 0 amide bonds. The summed E-state index contributed by atoms with van der Waals surface area (Å²) >= 11 is 0. The van der Waals surface area contributed by atoms with Gasteiger partial charge in [0.2, 0.25) is 0 Å². The van der Waals surface area contributed by atoms with Crippen molar-refractivity contribution >= 4 is 8.05 Å². The van der Waals surface area contributed by atoms with Crippen LogP contribution >= 0.6 is 0 Å². The second-order valence-corrected chi connectivity index (χ2v) is 1.63. The third kappa shape index (κ3) is 1.22. The van der Waals surface area contributed by atoms with E-state index in [1.54, 1.807) is 18.2 Å². The van der Waals surface area contributed by atoms with Gasteiger partial charge in [-0.2, -0.15) is 0 Å². The first-order chi connectivity index (χ1) is 4.34. The standard InChI is InChI=1S/C6H6BFO/c7-9-6-4-2-1-3-5(6)8/h1-4H,7H2. The van der Waals surface area contributed by atoms with Gasteiger partial charge in [-0.15, -0.1) is 0 Å². The van der Waals surface area contributed by atoms with Gasteiger partial charge in [0.05, 0.1) is 0 Å². The minimum absolute atomic E-state index is 0.289. The maximum absolute atomic E-state index is 12.5. The molecule has 0 spiro atoms. The molecule has 0 unspecified atom stereocenters. The van der Waals surface area contributed by atoms with Crippen LogP contribution in [0.3, 0.4) is 0 Å². The maximum Gasteiger partial charge on any atom is 0.322 e. The molecule has 0 aliphatic carbocycles. The molecule has 0 aromatic heterocycles. The van der Waals surface area contributed by atoms with Gasteiger partial charge in [0.15, 0.2) is 5.82 Å². The molecule has 1 rings (SSSR count). The highest BCUT2D eigenvalue weighted by Crippen LogP contribution is 2.13. The molecule has 0 radical (unpaired) electrons. The van der Waals surface area contributed by atoms with Crippen LogP contribution in [-0.4, -0.2) is 8.05 Å². The Morgan fingerprint density at radius 2 is 2.00 bits per heavy atom. The molecule has 1 aromatic rings. The summed E-state index contributed by atoms with van der Waals surface area (Å²) in [5, 5.41) is 0. The lowest BCUT2D eigenvalue weighted by Crippen LogP contribution is -1.87. The van der Waals surface area contributed by atoms with Crippen molar-refractivity contribution in [3.8, 4) is 5.75 Å². The summed E-state index contributed by atoms with van der Waals surface area (Å²) < 4.78 is 17.1. The number of hydrogen-bond acceptors (Lipinski definition) is 1. The Balaban J connectivity index is 3.01. The lowest BCUT2D eigenvalue weighted by Gasteiger charge is -1.98. The molecular formula is C6H6BFO. The first-order valence-corrected chi connectivity index (χ1v) is 2.63. The molecule has 0 aliphatic heterocycles. The van der Waals surface area contributed by atoms with Gasteiger partial charge in [-0.05, 0) is 12.1 Å². The fourth-order valence-corrected chi connectivity index (χ4v) is 0.610. The highest BCUT2D eigenvalue weighted by molar-refractivity contribution is 5.99. The van der Waals surface area contributed by atoms with E-state index in [2.05, 4.69) is 4.65 Å². The van der Waals surface area contributed by atoms with Gasteiger partial charge < -0.3 is 4.65 Å². The summed E-state index contributed by atoms with van der Waals surface area (Å²) in [6.45, 7) is 0. The summed E-state index contributed by atoms with van der Waals surface area (Å²) in [5.41, 5.74) is 0. The van der Waals surface area contributed by atoms with Crippen molar-refractivity contribution < 1.29 is 9.04 Å². The van der Waals surface area contributed by atoms with Gasteiger partial charge in [0.1, 0.15) is 5.75 Å². The second-order valence-electron chi connectivity index (χ2n) is 1.63. The van der Waals surface area contributed by atoms with E-state index in [0.717, 1.165) is 0 Å². The number of hydrogen-bond donors (Lipinski definition) is 0.